The number of nitrogens with one attached hydrogen (secondary N) is 1. The average molecular weight is 292 g/mol. The maximum absolute atomic E-state index is 12.1. The fraction of sp³-hybridized carbons (Fsp3) is 0.500. The number of aliphatic hydroxyl groups is 1. The number of sulfonamides is 1. The molecule has 2 N–H and O–H groups in total. The second kappa shape index (κ2) is 6.52. The first-order valence-electron chi connectivity index (χ1n) is 5.80. The molecule has 0 bridgehead atoms. The molecule has 0 heterocycles. The highest BCUT2D eigenvalue weighted by molar-refractivity contribution is 7.89. The van der Waals surface area contributed by atoms with Crippen molar-refractivity contribution in [1.29, 1.82) is 0 Å². The third kappa shape index (κ3) is 3.95. The molecule has 1 rings (SSSR count). The van der Waals surface area contributed by atoms with Crippen LogP contribution in [0.15, 0.2) is 23.1 Å². The first-order chi connectivity index (χ1) is 8.40. The fourth-order valence-electron chi connectivity index (χ4n) is 1.61. The van der Waals surface area contributed by atoms with E-state index in [0.717, 1.165) is 5.56 Å². The molecule has 1 unspecified atom stereocenters. The molecule has 0 spiro atoms. The first-order valence-corrected chi connectivity index (χ1v) is 7.66. The van der Waals surface area contributed by atoms with Gasteiger partial charge in [-0.25, -0.2) is 13.1 Å². The summed E-state index contributed by atoms with van der Waals surface area (Å²) in [5.74, 6) is 0. The Morgan fingerprint density at radius 3 is 2.61 bits per heavy atom. The molecule has 1 aromatic rings. The Balaban J connectivity index is 2.99. The van der Waals surface area contributed by atoms with Crippen LogP contribution in [0.2, 0.25) is 5.02 Å². The van der Waals surface area contributed by atoms with E-state index in [1.165, 1.54) is 6.07 Å². The Morgan fingerprint density at radius 2 is 2.11 bits per heavy atom. The van der Waals surface area contributed by atoms with Gasteiger partial charge in [0.25, 0.3) is 0 Å². The maximum Gasteiger partial charge on any atom is 0.242 e. The zero-order chi connectivity index (χ0) is 13.8. The Morgan fingerprint density at radius 1 is 1.44 bits per heavy atom. The summed E-state index contributed by atoms with van der Waals surface area (Å²) in [6, 6.07) is 4.53. The van der Waals surface area contributed by atoms with E-state index in [2.05, 4.69) is 4.72 Å². The van der Waals surface area contributed by atoms with Crippen molar-refractivity contribution in [3.8, 4) is 0 Å². The smallest absolute Gasteiger partial charge is 0.242 e. The molecule has 0 radical (unpaired) electrons. The second-order valence-electron chi connectivity index (χ2n) is 4.17. The van der Waals surface area contributed by atoms with E-state index in [1.54, 1.807) is 12.1 Å². The summed E-state index contributed by atoms with van der Waals surface area (Å²) in [4.78, 5) is 0.0751. The van der Waals surface area contributed by atoms with Crippen molar-refractivity contribution in [3.05, 3.63) is 28.8 Å². The summed E-state index contributed by atoms with van der Waals surface area (Å²) in [5, 5.41) is 9.07. The quantitative estimate of drug-likeness (QED) is 0.843. The molecule has 1 atom stereocenters. The Hall–Kier alpha value is -0.620. The lowest BCUT2D eigenvalue weighted by molar-refractivity contribution is 0.270. The highest BCUT2D eigenvalue weighted by Crippen LogP contribution is 2.22. The monoisotopic (exact) mass is 291 g/mol. The molecule has 0 aliphatic heterocycles. The van der Waals surface area contributed by atoms with Crippen LogP contribution in [0, 0.1) is 6.92 Å². The molecule has 1 aromatic carbocycles. The highest BCUT2D eigenvalue weighted by atomic mass is 35.5. The van der Waals surface area contributed by atoms with E-state index in [9.17, 15) is 8.42 Å². The molecule has 0 aromatic heterocycles. The van der Waals surface area contributed by atoms with E-state index in [-0.39, 0.29) is 22.6 Å². The van der Waals surface area contributed by atoms with Gasteiger partial charge in [-0.15, -0.1) is 0 Å². The number of hydrogen-bond donors (Lipinski definition) is 2. The van der Waals surface area contributed by atoms with Crippen molar-refractivity contribution in [3.63, 3.8) is 0 Å². The van der Waals surface area contributed by atoms with Gasteiger partial charge in [-0.2, -0.15) is 0 Å². The molecule has 102 valence electrons. The fourth-order valence-corrected chi connectivity index (χ4v) is 3.56. The van der Waals surface area contributed by atoms with E-state index in [1.807, 2.05) is 13.8 Å². The summed E-state index contributed by atoms with van der Waals surface area (Å²) in [7, 11) is -3.63. The predicted octanol–water partition coefficient (Wildman–Crippen LogP) is 2.09. The minimum atomic E-state index is -3.63. The Bertz CT molecular complexity index is 502. The zero-order valence-corrected chi connectivity index (χ0v) is 12.1. The lowest BCUT2D eigenvalue weighted by Crippen LogP contribution is -2.35. The van der Waals surface area contributed by atoms with Crippen molar-refractivity contribution >= 4 is 21.6 Å². The lowest BCUT2D eigenvalue weighted by atomic mass is 10.2. The summed E-state index contributed by atoms with van der Waals surface area (Å²) < 4.78 is 26.8. The van der Waals surface area contributed by atoms with Crippen molar-refractivity contribution in [2.45, 2.75) is 37.6 Å². The average Bonchev–Trinajstić information content (AvgIpc) is 2.27. The summed E-state index contributed by atoms with van der Waals surface area (Å²) >= 11 is 5.95. The van der Waals surface area contributed by atoms with Crippen molar-refractivity contribution < 1.29 is 13.5 Å². The number of benzene rings is 1. The highest BCUT2D eigenvalue weighted by Gasteiger charge is 2.21. The molecule has 0 saturated carbocycles. The van der Waals surface area contributed by atoms with E-state index in [4.69, 9.17) is 16.7 Å². The number of halogens is 1. The van der Waals surface area contributed by atoms with Crippen LogP contribution in [-0.4, -0.2) is 26.2 Å². The van der Waals surface area contributed by atoms with Crippen LogP contribution in [0.5, 0.6) is 0 Å². The number of aliphatic hydroxyl groups excluding tert-OH is 1. The second-order valence-corrected chi connectivity index (χ2v) is 6.26. The summed E-state index contributed by atoms with van der Waals surface area (Å²) in [5.41, 5.74) is 0.904. The molecular formula is C12H18ClNO3S. The molecule has 4 nitrogen and oxygen atoms in total. The standard InChI is InChI=1S/C12H18ClNO3S/c1-3-10(6-7-15)14-18(16,17)12-5-4-9(2)8-11(12)13/h4-5,8,10,14-15H,3,6-7H2,1-2H3. The van der Waals surface area contributed by atoms with Gasteiger partial charge in [0.2, 0.25) is 10.0 Å². The van der Waals surface area contributed by atoms with Crippen LogP contribution in [0.25, 0.3) is 0 Å². The van der Waals surface area contributed by atoms with Crippen molar-refractivity contribution in [2.75, 3.05) is 6.61 Å². The van der Waals surface area contributed by atoms with E-state index < -0.39 is 10.0 Å². The van der Waals surface area contributed by atoms with Gasteiger partial charge < -0.3 is 5.11 Å². The van der Waals surface area contributed by atoms with Gasteiger partial charge in [0, 0.05) is 12.6 Å². The van der Waals surface area contributed by atoms with Crippen molar-refractivity contribution in [2.24, 2.45) is 0 Å². The van der Waals surface area contributed by atoms with Gasteiger partial charge in [-0.3, -0.25) is 0 Å². The van der Waals surface area contributed by atoms with Gasteiger partial charge in [0.15, 0.2) is 0 Å². The van der Waals surface area contributed by atoms with Crippen LogP contribution in [0.1, 0.15) is 25.3 Å². The number of rotatable bonds is 6. The maximum atomic E-state index is 12.1. The molecule has 0 amide bonds. The Kier molecular flexibility index (Phi) is 5.59. The van der Waals surface area contributed by atoms with Crippen LogP contribution in [0.4, 0.5) is 0 Å². The van der Waals surface area contributed by atoms with Gasteiger partial charge in [-0.05, 0) is 37.5 Å². The van der Waals surface area contributed by atoms with Gasteiger partial charge in [0.1, 0.15) is 4.90 Å². The largest absolute Gasteiger partial charge is 0.396 e. The molecular weight excluding hydrogens is 274 g/mol. The van der Waals surface area contributed by atoms with Gasteiger partial charge in [0.05, 0.1) is 5.02 Å². The molecule has 6 heteroatoms. The van der Waals surface area contributed by atoms with Gasteiger partial charge in [-0.1, -0.05) is 24.6 Å². The van der Waals surface area contributed by atoms with Crippen LogP contribution >= 0.6 is 11.6 Å². The normalized spacial score (nSPS) is 13.6. The topological polar surface area (TPSA) is 66.4 Å². The summed E-state index contributed by atoms with van der Waals surface area (Å²) in [6.07, 6.45) is 1.00. The minimum absolute atomic E-state index is 0.0529. The molecule has 0 fully saturated rings. The molecule has 18 heavy (non-hydrogen) atoms. The lowest BCUT2D eigenvalue weighted by Gasteiger charge is -2.16. The summed E-state index contributed by atoms with van der Waals surface area (Å²) in [6.45, 7) is 3.65. The SMILES string of the molecule is CCC(CCO)NS(=O)(=O)c1ccc(C)cc1Cl. The van der Waals surface area contributed by atoms with E-state index in [0.29, 0.717) is 12.8 Å². The van der Waals surface area contributed by atoms with Crippen molar-refractivity contribution in [1.82, 2.24) is 4.72 Å². The van der Waals surface area contributed by atoms with Crippen LogP contribution in [0.3, 0.4) is 0 Å². The predicted molar refractivity (Wildman–Crippen MR) is 72.3 cm³/mol. The Labute approximate surface area is 113 Å². The zero-order valence-electron chi connectivity index (χ0n) is 10.5. The third-order valence-electron chi connectivity index (χ3n) is 2.67. The molecule has 0 aliphatic carbocycles. The molecule has 0 aliphatic rings. The molecule has 0 saturated heterocycles. The first kappa shape index (κ1) is 15.4. The number of hydrogen-bond acceptors (Lipinski definition) is 3. The van der Waals surface area contributed by atoms with Crippen LogP contribution in [-0.2, 0) is 10.0 Å². The minimum Gasteiger partial charge on any atom is -0.396 e. The third-order valence-corrected chi connectivity index (χ3v) is 4.67. The number of aryl methyl sites for hydroxylation is 1. The van der Waals surface area contributed by atoms with Crippen LogP contribution < -0.4 is 4.72 Å². The van der Waals surface area contributed by atoms with E-state index >= 15 is 0 Å². The van der Waals surface area contributed by atoms with Gasteiger partial charge >= 0.3 is 0 Å².